The third-order valence-electron chi connectivity index (χ3n) is 3.12. The first-order valence-corrected chi connectivity index (χ1v) is 5.95. The fourth-order valence-corrected chi connectivity index (χ4v) is 2.16. The minimum absolute atomic E-state index is 0.222. The second-order valence-corrected chi connectivity index (χ2v) is 4.45. The van der Waals surface area contributed by atoms with Crippen LogP contribution in [0.4, 0.5) is 8.78 Å². The highest BCUT2D eigenvalue weighted by Gasteiger charge is 2.22. The lowest BCUT2D eigenvalue weighted by Gasteiger charge is -2.15. The van der Waals surface area contributed by atoms with E-state index in [0.29, 0.717) is 24.6 Å². The molecule has 0 saturated carbocycles. The van der Waals surface area contributed by atoms with Gasteiger partial charge in [-0.05, 0) is 44.0 Å². The molecule has 17 heavy (non-hydrogen) atoms. The van der Waals surface area contributed by atoms with Crippen molar-refractivity contribution < 1.29 is 13.5 Å². The molecule has 0 amide bonds. The Bertz CT molecular complexity index is 363. The summed E-state index contributed by atoms with van der Waals surface area (Å²) in [5.41, 5.74) is 0.682. The molecule has 1 fully saturated rings. The molecule has 2 rings (SSSR count). The van der Waals surface area contributed by atoms with E-state index >= 15 is 0 Å². The monoisotopic (exact) mass is 241 g/mol. The predicted molar refractivity (Wildman–Crippen MR) is 61.9 cm³/mol. The molecule has 1 aromatic carbocycles. The zero-order valence-electron chi connectivity index (χ0n) is 9.88. The van der Waals surface area contributed by atoms with Gasteiger partial charge in [0.05, 0.1) is 6.10 Å². The predicted octanol–water partition coefficient (Wildman–Crippen LogP) is 2.27. The van der Waals surface area contributed by atoms with Crippen molar-refractivity contribution in [2.45, 2.75) is 31.9 Å². The second kappa shape index (κ2) is 5.56. The van der Waals surface area contributed by atoms with Crippen LogP contribution in [0.5, 0.6) is 0 Å². The minimum atomic E-state index is -0.516. The molecule has 2 nitrogen and oxygen atoms in total. The summed E-state index contributed by atoms with van der Waals surface area (Å²) in [5, 5.41) is 3.35. The molecule has 4 heteroatoms. The summed E-state index contributed by atoms with van der Waals surface area (Å²) in [6.07, 6.45) is 1.84. The molecule has 1 saturated heterocycles. The Balaban J connectivity index is 1.81. The third-order valence-corrected chi connectivity index (χ3v) is 3.12. The fraction of sp³-hybridized carbons (Fsp3) is 0.538. The average Bonchev–Trinajstić information content (AvgIpc) is 2.63. The molecule has 1 aliphatic rings. The normalized spacial score (nSPS) is 24.2. The van der Waals surface area contributed by atoms with E-state index in [1.165, 1.54) is 12.1 Å². The maximum atomic E-state index is 12.9. The van der Waals surface area contributed by atoms with Crippen LogP contribution in [0.15, 0.2) is 18.2 Å². The lowest BCUT2D eigenvalue weighted by Crippen LogP contribution is -2.35. The molecule has 0 spiro atoms. The van der Waals surface area contributed by atoms with E-state index < -0.39 is 11.6 Å². The van der Waals surface area contributed by atoms with E-state index in [-0.39, 0.29) is 6.10 Å². The van der Waals surface area contributed by atoms with Crippen molar-refractivity contribution in [1.29, 1.82) is 0 Å². The van der Waals surface area contributed by atoms with Gasteiger partial charge in [0.1, 0.15) is 11.6 Å². The fourth-order valence-electron chi connectivity index (χ4n) is 2.16. The van der Waals surface area contributed by atoms with E-state index in [1.807, 2.05) is 6.92 Å². The van der Waals surface area contributed by atoms with Crippen LogP contribution < -0.4 is 5.32 Å². The molecule has 1 aliphatic heterocycles. The average molecular weight is 241 g/mol. The lowest BCUT2D eigenvalue weighted by atomic mass is 10.1. The number of hydrogen-bond donors (Lipinski definition) is 1. The molecule has 2 atom stereocenters. The Kier molecular flexibility index (Phi) is 4.07. The first-order chi connectivity index (χ1) is 8.15. The van der Waals surface area contributed by atoms with Gasteiger partial charge < -0.3 is 10.1 Å². The highest BCUT2D eigenvalue weighted by molar-refractivity contribution is 5.18. The lowest BCUT2D eigenvalue weighted by molar-refractivity contribution is 0.113. The van der Waals surface area contributed by atoms with Gasteiger partial charge in [-0.15, -0.1) is 0 Å². The number of ether oxygens (including phenoxy) is 1. The van der Waals surface area contributed by atoms with Crippen molar-refractivity contribution in [1.82, 2.24) is 5.32 Å². The van der Waals surface area contributed by atoms with E-state index in [0.717, 1.165) is 19.1 Å². The van der Waals surface area contributed by atoms with Crippen molar-refractivity contribution in [2.24, 2.45) is 0 Å². The van der Waals surface area contributed by atoms with Gasteiger partial charge in [0.25, 0.3) is 0 Å². The van der Waals surface area contributed by atoms with Crippen LogP contribution in [-0.4, -0.2) is 25.3 Å². The SMILES string of the molecule is CC1OCCC1NCCc1cc(F)cc(F)c1. The maximum absolute atomic E-state index is 12.9. The molecule has 1 aromatic rings. The van der Waals surface area contributed by atoms with Crippen molar-refractivity contribution in [3.05, 3.63) is 35.4 Å². The number of nitrogens with one attached hydrogen (secondary N) is 1. The van der Waals surface area contributed by atoms with Crippen molar-refractivity contribution in [2.75, 3.05) is 13.2 Å². The summed E-state index contributed by atoms with van der Waals surface area (Å²) in [5.74, 6) is -1.03. The summed E-state index contributed by atoms with van der Waals surface area (Å²) in [6.45, 7) is 3.53. The van der Waals surface area contributed by atoms with Crippen LogP contribution in [0, 0.1) is 11.6 Å². The molecule has 2 unspecified atom stereocenters. The summed E-state index contributed by atoms with van der Waals surface area (Å²) in [6, 6.07) is 4.00. The van der Waals surface area contributed by atoms with Gasteiger partial charge in [0.15, 0.2) is 0 Å². The van der Waals surface area contributed by atoms with E-state index in [4.69, 9.17) is 4.74 Å². The van der Waals surface area contributed by atoms with Gasteiger partial charge in [0, 0.05) is 18.7 Å². The van der Waals surface area contributed by atoms with Crippen molar-refractivity contribution in [3.8, 4) is 0 Å². The van der Waals surface area contributed by atoms with Gasteiger partial charge in [-0.2, -0.15) is 0 Å². The zero-order valence-corrected chi connectivity index (χ0v) is 9.88. The Hall–Kier alpha value is -1.00. The van der Waals surface area contributed by atoms with Crippen molar-refractivity contribution in [3.63, 3.8) is 0 Å². The van der Waals surface area contributed by atoms with Crippen LogP contribution in [0.2, 0.25) is 0 Å². The number of benzene rings is 1. The minimum Gasteiger partial charge on any atom is -0.377 e. The summed E-state index contributed by atoms with van der Waals surface area (Å²) < 4.78 is 31.3. The van der Waals surface area contributed by atoms with E-state index in [1.54, 1.807) is 0 Å². The largest absolute Gasteiger partial charge is 0.377 e. The van der Waals surface area contributed by atoms with E-state index in [2.05, 4.69) is 5.32 Å². The van der Waals surface area contributed by atoms with Crippen molar-refractivity contribution >= 4 is 0 Å². The quantitative estimate of drug-likeness (QED) is 0.873. The highest BCUT2D eigenvalue weighted by Crippen LogP contribution is 2.13. The summed E-state index contributed by atoms with van der Waals surface area (Å²) in [7, 11) is 0. The van der Waals surface area contributed by atoms with Gasteiger partial charge in [-0.25, -0.2) is 8.78 Å². The third kappa shape index (κ3) is 3.48. The molecule has 94 valence electrons. The molecular weight excluding hydrogens is 224 g/mol. The number of halogens is 2. The van der Waals surface area contributed by atoms with E-state index in [9.17, 15) is 8.78 Å². The molecule has 0 radical (unpaired) electrons. The highest BCUT2D eigenvalue weighted by atomic mass is 19.1. The van der Waals surface area contributed by atoms with Crippen LogP contribution >= 0.6 is 0 Å². The van der Waals surface area contributed by atoms with Gasteiger partial charge in [-0.1, -0.05) is 0 Å². The van der Waals surface area contributed by atoms with Crippen LogP contribution in [-0.2, 0) is 11.2 Å². The summed E-state index contributed by atoms with van der Waals surface area (Å²) in [4.78, 5) is 0. The smallest absolute Gasteiger partial charge is 0.126 e. The summed E-state index contributed by atoms with van der Waals surface area (Å²) >= 11 is 0. The second-order valence-electron chi connectivity index (χ2n) is 4.45. The molecule has 1 N–H and O–H groups in total. The zero-order chi connectivity index (χ0) is 12.3. The number of hydrogen-bond acceptors (Lipinski definition) is 2. The van der Waals surface area contributed by atoms with Crippen LogP contribution in [0.3, 0.4) is 0 Å². The Morgan fingerprint density at radius 1 is 1.29 bits per heavy atom. The van der Waals surface area contributed by atoms with Crippen LogP contribution in [0.25, 0.3) is 0 Å². The Morgan fingerprint density at radius 3 is 2.59 bits per heavy atom. The first kappa shape index (κ1) is 12.5. The molecule has 0 bridgehead atoms. The molecule has 0 aromatic heterocycles. The molecule has 1 heterocycles. The Labute approximate surface area is 100.0 Å². The van der Waals surface area contributed by atoms with Gasteiger partial charge in [-0.3, -0.25) is 0 Å². The number of rotatable bonds is 4. The first-order valence-electron chi connectivity index (χ1n) is 5.95. The Morgan fingerprint density at radius 2 is 2.00 bits per heavy atom. The van der Waals surface area contributed by atoms with Gasteiger partial charge in [0.2, 0.25) is 0 Å². The van der Waals surface area contributed by atoms with Crippen LogP contribution in [0.1, 0.15) is 18.9 Å². The topological polar surface area (TPSA) is 21.3 Å². The molecule has 0 aliphatic carbocycles. The molecular formula is C13H17F2NO. The van der Waals surface area contributed by atoms with Gasteiger partial charge >= 0.3 is 0 Å². The maximum Gasteiger partial charge on any atom is 0.126 e. The standard InChI is InChI=1S/C13H17F2NO/c1-9-13(3-5-17-9)16-4-2-10-6-11(14)8-12(15)7-10/h6-9,13,16H,2-5H2,1H3.